The molecule has 1 heterocycles. The number of carbonyl (C=O) groups is 1. The van der Waals surface area contributed by atoms with Gasteiger partial charge in [0.1, 0.15) is 13.3 Å². The highest BCUT2D eigenvalue weighted by atomic mass is 19.1. The van der Waals surface area contributed by atoms with Gasteiger partial charge < -0.3 is 4.74 Å². The van der Waals surface area contributed by atoms with Crippen LogP contribution in [0.25, 0.3) is 0 Å². The predicted molar refractivity (Wildman–Crippen MR) is 51.1 cm³/mol. The molecule has 0 fully saturated rings. The first kappa shape index (κ1) is 11.9. The van der Waals surface area contributed by atoms with Crippen LogP contribution in [-0.4, -0.2) is 50.2 Å². The van der Waals surface area contributed by atoms with Crippen LogP contribution < -0.4 is 0 Å². The van der Waals surface area contributed by atoms with Gasteiger partial charge in [-0.1, -0.05) is 0 Å². The van der Waals surface area contributed by atoms with Gasteiger partial charge in [0.05, 0.1) is 18.9 Å². The minimum Gasteiger partial charge on any atom is -0.465 e. The summed E-state index contributed by atoms with van der Waals surface area (Å²) in [6.07, 6.45) is 0. The van der Waals surface area contributed by atoms with Crippen LogP contribution in [-0.2, 0) is 9.53 Å². The highest BCUT2D eigenvalue weighted by Crippen LogP contribution is 2.29. The normalized spacial score (nSPS) is 25.3. The predicted octanol–water partition coefficient (Wildman–Crippen LogP) is 0.776. The fraction of sp³-hybridized carbons (Fsp3) is 0.778. The van der Waals surface area contributed by atoms with Crippen LogP contribution in [0.4, 0.5) is 8.78 Å². The van der Waals surface area contributed by atoms with E-state index in [0.717, 1.165) is 0 Å². The van der Waals surface area contributed by atoms with Gasteiger partial charge in [-0.25, -0.2) is 8.78 Å². The van der Waals surface area contributed by atoms with Gasteiger partial charge >= 0.3 is 5.97 Å². The molecular formula is C9H14F2N2O2. The molecule has 1 rings (SSSR count). The molecule has 0 amide bonds. The van der Waals surface area contributed by atoms with E-state index >= 15 is 0 Å². The standard InChI is InChI=1S/C9H14F2N2O2/c1-3-15-8(14)9(5-11)6-13(2)12-7(9)4-10/h3-6H2,1-2H3. The molecule has 0 saturated carbocycles. The third-order valence-corrected chi connectivity index (χ3v) is 2.36. The third-order valence-electron chi connectivity index (χ3n) is 2.36. The molecule has 0 saturated heterocycles. The van der Waals surface area contributed by atoms with Crippen molar-refractivity contribution >= 4 is 11.7 Å². The van der Waals surface area contributed by atoms with Crippen LogP contribution in [0.2, 0.25) is 0 Å². The maximum absolute atomic E-state index is 13.0. The molecule has 0 bridgehead atoms. The molecule has 1 aliphatic rings. The van der Waals surface area contributed by atoms with Gasteiger partial charge in [0.25, 0.3) is 0 Å². The lowest BCUT2D eigenvalue weighted by Gasteiger charge is -2.23. The lowest BCUT2D eigenvalue weighted by molar-refractivity contribution is -0.152. The SMILES string of the molecule is CCOC(=O)C1(CF)CN(C)N=C1CF. The van der Waals surface area contributed by atoms with Gasteiger partial charge in [-0.05, 0) is 6.92 Å². The van der Waals surface area contributed by atoms with Crippen LogP contribution in [0.1, 0.15) is 6.92 Å². The zero-order chi connectivity index (χ0) is 11.5. The Hall–Kier alpha value is -1.20. The van der Waals surface area contributed by atoms with Crippen molar-refractivity contribution in [2.75, 3.05) is 33.5 Å². The molecule has 0 spiro atoms. The summed E-state index contributed by atoms with van der Waals surface area (Å²) >= 11 is 0. The van der Waals surface area contributed by atoms with Crippen LogP contribution >= 0.6 is 0 Å². The van der Waals surface area contributed by atoms with Crippen molar-refractivity contribution in [1.29, 1.82) is 0 Å². The first-order valence-corrected chi connectivity index (χ1v) is 4.69. The van der Waals surface area contributed by atoms with Crippen molar-refractivity contribution in [3.8, 4) is 0 Å². The second kappa shape index (κ2) is 4.55. The monoisotopic (exact) mass is 220 g/mol. The molecule has 0 N–H and O–H groups in total. The summed E-state index contributed by atoms with van der Waals surface area (Å²) in [6.45, 7) is -0.133. The van der Waals surface area contributed by atoms with E-state index in [0.29, 0.717) is 0 Å². The molecule has 0 aromatic heterocycles. The number of hydrogen-bond acceptors (Lipinski definition) is 4. The molecule has 0 aromatic rings. The van der Waals surface area contributed by atoms with E-state index in [4.69, 9.17) is 4.74 Å². The Morgan fingerprint density at radius 2 is 2.33 bits per heavy atom. The van der Waals surface area contributed by atoms with Crippen molar-refractivity contribution in [3.05, 3.63) is 0 Å². The molecule has 15 heavy (non-hydrogen) atoms. The molecule has 4 nitrogen and oxygen atoms in total. The Morgan fingerprint density at radius 1 is 1.67 bits per heavy atom. The van der Waals surface area contributed by atoms with Gasteiger partial charge in [0, 0.05) is 7.05 Å². The summed E-state index contributed by atoms with van der Waals surface area (Å²) in [6, 6.07) is 0. The smallest absolute Gasteiger partial charge is 0.322 e. The summed E-state index contributed by atoms with van der Waals surface area (Å²) in [5.74, 6) is -0.742. The van der Waals surface area contributed by atoms with Crippen LogP contribution in [0, 0.1) is 5.41 Å². The van der Waals surface area contributed by atoms with Gasteiger partial charge in [-0.15, -0.1) is 0 Å². The minimum atomic E-state index is -1.54. The van der Waals surface area contributed by atoms with Gasteiger partial charge in [-0.2, -0.15) is 5.10 Å². The summed E-state index contributed by atoms with van der Waals surface area (Å²) in [5.41, 5.74) is -1.63. The van der Waals surface area contributed by atoms with Crippen LogP contribution in [0.5, 0.6) is 0 Å². The maximum Gasteiger partial charge on any atom is 0.322 e. The van der Waals surface area contributed by atoms with E-state index in [1.54, 1.807) is 14.0 Å². The summed E-state index contributed by atoms with van der Waals surface area (Å²) < 4.78 is 30.3. The van der Waals surface area contributed by atoms with Crippen molar-refractivity contribution < 1.29 is 18.3 Å². The van der Waals surface area contributed by atoms with E-state index in [9.17, 15) is 13.6 Å². The largest absolute Gasteiger partial charge is 0.465 e. The zero-order valence-electron chi connectivity index (χ0n) is 8.80. The second-order valence-corrected chi connectivity index (χ2v) is 3.43. The van der Waals surface area contributed by atoms with Crippen molar-refractivity contribution in [2.45, 2.75) is 6.92 Å². The zero-order valence-corrected chi connectivity index (χ0v) is 8.80. The highest BCUT2D eigenvalue weighted by molar-refractivity contribution is 6.08. The van der Waals surface area contributed by atoms with E-state index in [2.05, 4.69) is 5.10 Å². The van der Waals surface area contributed by atoms with E-state index in [-0.39, 0.29) is 18.9 Å². The number of esters is 1. The van der Waals surface area contributed by atoms with E-state index < -0.39 is 24.7 Å². The first-order chi connectivity index (χ1) is 7.10. The Kier molecular flexibility index (Phi) is 3.60. The van der Waals surface area contributed by atoms with Crippen LogP contribution in [0.15, 0.2) is 5.10 Å². The van der Waals surface area contributed by atoms with Crippen molar-refractivity contribution in [1.82, 2.24) is 5.01 Å². The van der Waals surface area contributed by atoms with E-state index in [1.165, 1.54) is 5.01 Å². The minimum absolute atomic E-state index is 0.0294. The number of nitrogens with zero attached hydrogens (tertiary/aromatic N) is 2. The number of halogens is 2. The number of hydrazone groups is 1. The topological polar surface area (TPSA) is 41.9 Å². The van der Waals surface area contributed by atoms with Crippen LogP contribution in [0.3, 0.4) is 0 Å². The lowest BCUT2D eigenvalue weighted by atomic mass is 9.85. The maximum atomic E-state index is 13.0. The number of ether oxygens (including phenoxy) is 1. The molecule has 0 radical (unpaired) electrons. The Morgan fingerprint density at radius 3 is 2.80 bits per heavy atom. The molecule has 1 aliphatic heterocycles. The summed E-state index contributed by atoms with van der Waals surface area (Å²) in [7, 11) is 1.56. The Bertz CT molecular complexity index is 283. The van der Waals surface area contributed by atoms with Gasteiger partial charge in [0.2, 0.25) is 0 Å². The highest BCUT2D eigenvalue weighted by Gasteiger charge is 2.50. The number of alkyl halides is 2. The molecule has 1 atom stereocenters. The summed E-state index contributed by atoms with van der Waals surface area (Å²) in [4.78, 5) is 11.6. The lowest BCUT2D eigenvalue weighted by Crippen LogP contribution is -2.45. The van der Waals surface area contributed by atoms with Crippen molar-refractivity contribution in [3.63, 3.8) is 0 Å². The molecule has 1 unspecified atom stereocenters. The second-order valence-electron chi connectivity index (χ2n) is 3.43. The molecule has 86 valence electrons. The molecule has 0 aromatic carbocycles. The molecule has 0 aliphatic carbocycles. The quantitative estimate of drug-likeness (QED) is 0.657. The number of carbonyl (C=O) groups excluding carboxylic acids is 1. The molecule has 6 heteroatoms. The average Bonchev–Trinajstić information content (AvgIpc) is 2.56. The Labute approximate surface area is 86.9 Å². The number of rotatable bonds is 4. The van der Waals surface area contributed by atoms with Crippen molar-refractivity contribution in [2.24, 2.45) is 10.5 Å². The fourth-order valence-electron chi connectivity index (χ4n) is 1.60. The average molecular weight is 220 g/mol. The summed E-state index contributed by atoms with van der Waals surface area (Å²) in [5, 5.41) is 5.12. The molecular weight excluding hydrogens is 206 g/mol. The number of hydrogen-bond donors (Lipinski definition) is 0. The first-order valence-electron chi connectivity index (χ1n) is 4.69. The van der Waals surface area contributed by atoms with E-state index in [1.807, 2.05) is 0 Å². The van der Waals surface area contributed by atoms with Gasteiger partial charge in [-0.3, -0.25) is 9.80 Å². The third kappa shape index (κ3) is 1.93. The van der Waals surface area contributed by atoms with Gasteiger partial charge in [0.15, 0.2) is 5.41 Å². The fourth-order valence-corrected chi connectivity index (χ4v) is 1.60. The Balaban J connectivity index is 2.94.